The van der Waals surface area contributed by atoms with Gasteiger partial charge in [0, 0.05) is 12.1 Å². The predicted molar refractivity (Wildman–Crippen MR) is 79.9 cm³/mol. The van der Waals surface area contributed by atoms with Crippen LogP contribution < -0.4 is 4.74 Å². The third kappa shape index (κ3) is 4.14. The molecular weight excluding hydrogens is 288 g/mol. The summed E-state index contributed by atoms with van der Waals surface area (Å²) in [6.07, 6.45) is 1.73. The van der Waals surface area contributed by atoms with Gasteiger partial charge in [-0.05, 0) is 17.7 Å². The Labute approximate surface area is 125 Å². The van der Waals surface area contributed by atoms with Gasteiger partial charge in [0.1, 0.15) is 12.4 Å². The van der Waals surface area contributed by atoms with E-state index in [2.05, 4.69) is 0 Å². The maximum atomic E-state index is 10.9. The summed E-state index contributed by atoms with van der Waals surface area (Å²) in [6, 6.07) is 13.5. The molecule has 0 heterocycles. The van der Waals surface area contributed by atoms with Crippen LogP contribution in [0.2, 0.25) is 0 Å². The van der Waals surface area contributed by atoms with Gasteiger partial charge in [0.25, 0.3) is 5.69 Å². The molecule has 2 aromatic carbocycles. The molecule has 0 unspecified atom stereocenters. The zero-order chi connectivity index (χ0) is 15.9. The largest absolute Gasteiger partial charge is 0.489 e. The number of hydrogen-bond acceptors (Lipinski definition) is 5. The molecule has 22 heavy (non-hydrogen) atoms. The molecule has 0 amide bonds. The van der Waals surface area contributed by atoms with Crippen molar-refractivity contribution in [3.8, 4) is 5.75 Å². The van der Waals surface area contributed by atoms with E-state index in [1.54, 1.807) is 0 Å². The minimum absolute atomic E-state index is 0.118. The van der Waals surface area contributed by atoms with Crippen molar-refractivity contribution in [1.29, 1.82) is 0 Å². The zero-order valence-corrected chi connectivity index (χ0v) is 11.4. The molecule has 2 aromatic rings. The van der Waals surface area contributed by atoms with Crippen molar-refractivity contribution in [1.82, 2.24) is 0 Å². The highest BCUT2D eigenvalue weighted by molar-refractivity contribution is 5.62. The van der Waals surface area contributed by atoms with Gasteiger partial charge < -0.3 is 4.74 Å². The van der Waals surface area contributed by atoms with Crippen molar-refractivity contribution in [2.24, 2.45) is 0 Å². The fourth-order valence-corrected chi connectivity index (χ4v) is 1.80. The van der Waals surface area contributed by atoms with Crippen LogP contribution in [0, 0.1) is 20.2 Å². The van der Waals surface area contributed by atoms with Crippen molar-refractivity contribution in [2.75, 3.05) is 0 Å². The van der Waals surface area contributed by atoms with Gasteiger partial charge in [-0.15, -0.1) is 0 Å². The number of nitrogens with zero attached hydrogens (tertiary/aromatic N) is 2. The Bertz CT molecular complexity index is 713. The molecule has 0 aliphatic heterocycles. The number of hydrogen-bond donors (Lipinski definition) is 0. The van der Waals surface area contributed by atoms with Crippen LogP contribution in [0.1, 0.15) is 11.1 Å². The van der Waals surface area contributed by atoms with Gasteiger partial charge in [0.15, 0.2) is 0 Å². The Hall–Kier alpha value is -3.22. The third-order valence-corrected chi connectivity index (χ3v) is 2.82. The van der Waals surface area contributed by atoms with Crippen LogP contribution in [0.15, 0.2) is 54.7 Å². The van der Waals surface area contributed by atoms with Gasteiger partial charge in [0.05, 0.1) is 15.4 Å². The highest BCUT2D eigenvalue weighted by atomic mass is 16.6. The lowest BCUT2D eigenvalue weighted by Crippen LogP contribution is -1.97. The van der Waals surface area contributed by atoms with E-state index in [4.69, 9.17) is 4.74 Å². The van der Waals surface area contributed by atoms with E-state index in [1.807, 2.05) is 30.3 Å². The molecule has 112 valence electrons. The Morgan fingerprint density at radius 3 is 2.41 bits per heavy atom. The standard InChI is InChI=1S/C15H12N2O5/c18-16(19)9-8-13-10-14(6-7-15(13)17(20)21)22-11-12-4-2-1-3-5-12/h1-10H,11H2/b9-8+. The van der Waals surface area contributed by atoms with Crippen LogP contribution in [0.3, 0.4) is 0 Å². The van der Waals surface area contributed by atoms with Gasteiger partial charge >= 0.3 is 0 Å². The first-order valence-electron chi connectivity index (χ1n) is 6.33. The average Bonchev–Trinajstić information content (AvgIpc) is 2.51. The molecule has 0 bridgehead atoms. The van der Waals surface area contributed by atoms with Crippen LogP contribution in [-0.2, 0) is 6.61 Å². The molecule has 7 nitrogen and oxygen atoms in total. The fraction of sp³-hybridized carbons (Fsp3) is 0.0667. The molecule has 0 aliphatic rings. The highest BCUT2D eigenvalue weighted by Gasteiger charge is 2.13. The summed E-state index contributed by atoms with van der Waals surface area (Å²) < 4.78 is 5.55. The predicted octanol–water partition coefficient (Wildman–Crippen LogP) is 3.42. The maximum absolute atomic E-state index is 10.9. The Balaban J connectivity index is 2.20. The van der Waals surface area contributed by atoms with Gasteiger partial charge in [-0.2, -0.15) is 0 Å². The minimum Gasteiger partial charge on any atom is -0.489 e. The number of nitro groups is 2. The summed E-state index contributed by atoms with van der Waals surface area (Å²) in [7, 11) is 0. The van der Waals surface area contributed by atoms with Crippen molar-refractivity contribution < 1.29 is 14.6 Å². The van der Waals surface area contributed by atoms with E-state index >= 15 is 0 Å². The van der Waals surface area contributed by atoms with E-state index in [0.717, 1.165) is 11.6 Å². The molecule has 0 aliphatic carbocycles. The van der Waals surface area contributed by atoms with E-state index in [1.165, 1.54) is 18.2 Å². The second kappa shape index (κ2) is 6.98. The van der Waals surface area contributed by atoms with E-state index < -0.39 is 9.85 Å². The lowest BCUT2D eigenvalue weighted by Gasteiger charge is -2.07. The molecule has 0 N–H and O–H groups in total. The smallest absolute Gasteiger partial charge is 0.277 e. The van der Waals surface area contributed by atoms with Crippen LogP contribution in [0.25, 0.3) is 6.08 Å². The zero-order valence-electron chi connectivity index (χ0n) is 11.4. The first-order valence-corrected chi connectivity index (χ1v) is 6.33. The van der Waals surface area contributed by atoms with Crippen molar-refractivity contribution >= 4 is 11.8 Å². The number of rotatable bonds is 6. The fourth-order valence-electron chi connectivity index (χ4n) is 1.80. The normalized spacial score (nSPS) is 10.5. The second-order valence-electron chi connectivity index (χ2n) is 4.35. The Morgan fingerprint density at radius 1 is 1.05 bits per heavy atom. The number of ether oxygens (including phenoxy) is 1. The van der Waals surface area contributed by atoms with Gasteiger partial charge in [-0.1, -0.05) is 30.3 Å². The molecule has 0 spiro atoms. The summed E-state index contributed by atoms with van der Waals surface area (Å²) in [6.45, 7) is 0.303. The van der Waals surface area contributed by atoms with E-state index in [9.17, 15) is 20.2 Å². The van der Waals surface area contributed by atoms with Crippen molar-refractivity contribution in [3.05, 3.63) is 86.1 Å². The van der Waals surface area contributed by atoms with E-state index in [0.29, 0.717) is 18.6 Å². The first kappa shape index (κ1) is 15.2. The molecule has 0 saturated heterocycles. The molecule has 0 fully saturated rings. The summed E-state index contributed by atoms with van der Waals surface area (Å²) in [5.74, 6) is 0.400. The van der Waals surface area contributed by atoms with Crippen molar-refractivity contribution in [3.63, 3.8) is 0 Å². The quantitative estimate of drug-likeness (QED) is 0.601. The second-order valence-corrected chi connectivity index (χ2v) is 4.35. The lowest BCUT2D eigenvalue weighted by molar-refractivity contribution is -0.401. The van der Waals surface area contributed by atoms with Gasteiger partial charge in [-0.3, -0.25) is 20.2 Å². The first-order chi connectivity index (χ1) is 10.6. The Morgan fingerprint density at radius 2 is 1.77 bits per heavy atom. The van der Waals surface area contributed by atoms with Crippen molar-refractivity contribution in [2.45, 2.75) is 6.61 Å². The number of nitro benzene ring substituents is 1. The minimum atomic E-state index is -0.679. The summed E-state index contributed by atoms with van der Waals surface area (Å²) in [5, 5.41) is 21.3. The Kier molecular flexibility index (Phi) is 4.81. The van der Waals surface area contributed by atoms with Gasteiger partial charge in [-0.25, -0.2) is 0 Å². The number of benzene rings is 2. The molecule has 0 atom stereocenters. The third-order valence-electron chi connectivity index (χ3n) is 2.82. The summed E-state index contributed by atoms with van der Waals surface area (Å²) in [4.78, 5) is 20.0. The van der Waals surface area contributed by atoms with Crippen LogP contribution >= 0.6 is 0 Å². The SMILES string of the molecule is O=[N+]([O-])/C=C/c1cc(OCc2ccccc2)ccc1[N+](=O)[O-]. The molecule has 2 rings (SSSR count). The molecular formula is C15H12N2O5. The molecule has 0 saturated carbocycles. The molecule has 0 aromatic heterocycles. The lowest BCUT2D eigenvalue weighted by atomic mass is 10.1. The maximum Gasteiger partial charge on any atom is 0.277 e. The average molecular weight is 300 g/mol. The molecule has 7 heteroatoms. The summed E-state index contributed by atoms with van der Waals surface area (Å²) in [5.41, 5.74) is 0.848. The molecule has 0 radical (unpaired) electrons. The topological polar surface area (TPSA) is 95.5 Å². The van der Waals surface area contributed by atoms with Crippen LogP contribution in [0.5, 0.6) is 5.75 Å². The monoisotopic (exact) mass is 300 g/mol. The van der Waals surface area contributed by atoms with Gasteiger partial charge in [0.2, 0.25) is 6.20 Å². The van der Waals surface area contributed by atoms with Crippen LogP contribution in [0.4, 0.5) is 5.69 Å². The van der Waals surface area contributed by atoms with Crippen LogP contribution in [-0.4, -0.2) is 9.85 Å². The summed E-state index contributed by atoms with van der Waals surface area (Å²) >= 11 is 0. The highest BCUT2D eigenvalue weighted by Crippen LogP contribution is 2.26. The van der Waals surface area contributed by atoms with E-state index in [-0.39, 0.29) is 11.3 Å².